The van der Waals surface area contributed by atoms with Crippen molar-refractivity contribution in [2.45, 2.75) is 59.0 Å². The molecule has 0 aliphatic carbocycles. The van der Waals surface area contributed by atoms with Gasteiger partial charge in [-0.1, -0.05) is 19.6 Å². The maximum atomic E-state index is 5.16. The van der Waals surface area contributed by atoms with Crippen LogP contribution in [0.2, 0.25) is 32.7 Å². The van der Waals surface area contributed by atoms with Gasteiger partial charge in [-0.15, -0.1) is 10.8 Å². The van der Waals surface area contributed by atoms with Gasteiger partial charge in [0.15, 0.2) is 7.38 Å². The summed E-state index contributed by atoms with van der Waals surface area (Å²) < 4.78 is 8.07. The maximum Gasteiger partial charge on any atom is 0.191 e. The Labute approximate surface area is 107 Å². The van der Waals surface area contributed by atoms with E-state index in [1.807, 2.05) is 0 Å². The first-order valence-corrected chi connectivity index (χ1v) is 16.6. The van der Waals surface area contributed by atoms with Crippen molar-refractivity contribution in [3.63, 3.8) is 0 Å². The predicted octanol–water partition coefficient (Wildman–Crippen LogP) is 5.03. The Bertz CT molecular complexity index is 332. The molecule has 96 valence electrons. The highest BCUT2D eigenvalue weighted by Crippen LogP contribution is 2.78. The lowest BCUT2D eigenvalue weighted by Crippen LogP contribution is -2.62. The Balaban J connectivity index is 3.16. The van der Waals surface area contributed by atoms with Crippen molar-refractivity contribution in [1.82, 2.24) is 4.00 Å². The monoisotopic (exact) mass is 294 g/mol. The van der Waals surface area contributed by atoms with Crippen molar-refractivity contribution in [3.05, 3.63) is 0 Å². The van der Waals surface area contributed by atoms with E-state index in [-0.39, 0.29) is 5.54 Å². The van der Waals surface area contributed by atoms with Crippen molar-refractivity contribution in [2.24, 2.45) is 4.74 Å². The molecule has 0 radical (unpaired) electrons. The van der Waals surface area contributed by atoms with Crippen molar-refractivity contribution < 1.29 is 0 Å². The Morgan fingerprint density at radius 1 is 1.19 bits per heavy atom. The average molecular weight is 295 g/mol. The van der Waals surface area contributed by atoms with E-state index in [4.69, 9.17) is 4.74 Å². The SMILES string of the molecule is CC(C)(C)N=P1(C)S[Si](C)(C)N1[Si](C)(C)C. The molecule has 0 aromatic carbocycles. The fourth-order valence-corrected chi connectivity index (χ4v) is 42.1. The summed E-state index contributed by atoms with van der Waals surface area (Å²) in [7, 11) is -0.159. The minimum absolute atomic E-state index is 0.109. The van der Waals surface area contributed by atoms with Crippen LogP contribution < -0.4 is 0 Å². The molecular formula is C10H27N2PSSi2. The second-order valence-corrected chi connectivity index (χ2v) is 26.2. The van der Waals surface area contributed by atoms with E-state index in [1.54, 1.807) is 0 Å². The fraction of sp³-hybridized carbons (Fsp3) is 1.00. The molecule has 0 aromatic rings. The summed E-state index contributed by atoms with van der Waals surface area (Å²) in [5.41, 5.74) is 0.109. The van der Waals surface area contributed by atoms with Crippen molar-refractivity contribution >= 4 is 32.9 Å². The standard InChI is InChI=1S/C10H27N2PSSi2/c1-10(2,3)11-13(4)12(15(5,6)7)16(8,9)14-13/h1-9H3. The van der Waals surface area contributed by atoms with Crippen molar-refractivity contribution in [2.75, 3.05) is 6.66 Å². The number of hydrogen-bond acceptors (Lipinski definition) is 2. The van der Waals surface area contributed by atoms with Gasteiger partial charge in [0, 0.05) is 0 Å². The molecule has 1 atom stereocenters. The average Bonchev–Trinajstić information content (AvgIpc) is 1.69. The first-order chi connectivity index (χ1) is 6.78. The first-order valence-electron chi connectivity index (χ1n) is 5.90. The summed E-state index contributed by atoms with van der Waals surface area (Å²) in [5.74, 6) is 0. The van der Waals surface area contributed by atoms with Gasteiger partial charge in [-0.2, -0.15) is 0 Å². The van der Waals surface area contributed by atoms with Crippen LogP contribution in [0, 0.1) is 0 Å². The molecule has 1 heterocycles. The van der Waals surface area contributed by atoms with Crippen molar-refractivity contribution in [3.8, 4) is 0 Å². The van der Waals surface area contributed by atoms with Crippen molar-refractivity contribution in [1.29, 1.82) is 0 Å². The molecule has 2 nitrogen and oxygen atoms in total. The molecule has 1 aliphatic heterocycles. The smallest absolute Gasteiger partial charge is 0.191 e. The third kappa shape index (κ3) is 3.05. The summed E-state index contributed by atoms with van der Waals surface area (Å²) in [6.07, 6.45) is -1.22. The van der Waals surface area contributed by atoms with E-state index in [0.29, 0.717) is 0 Å². The zero-order valence-corrected chi connectivity index (χ0v) is 16.0. The molecule has 0 aromatic heterocycles. The summed E-state index contributed by atoms with van der Waals surface area (Å²) in [6.45, 7) is 21.5. The second kappa shape index (κ2) is 3.99. The van der Waals surface area contributed by atoms with E-state index in [1.165, 1.54) is 0 Å². The number of rotatable bonds is 1. The van der Waals surface area contributed by atoms with E-state index in [0.717, 1.165) is 0 Å². The lowest BCUT2D eigenvalue weighted by atomic mass is 10.1. The summed E-state index contributed by atoms with van der Waals surface area (Å²) in [6, 6.07) is 0. The van der Waals surface area contributed by atoms with Gasteiger partial charge >= 0.3 is 0 Å². The zero-order valence-electron chi connectivity index (χ0n) is 12.2. The van der Waals surface area contributed by atoms with Crippen LogP contribution in [0.25, 0.3) is 0 Å². The first kappa shape index (κ1) is 15.0. The van der Waals surface area contributed by atoms with Crippen LogP contribution in [0.15, 0.2) is 4.74 Å². The quantitative estimate of drug-likeness (QED) is 0.498. The molecule has 0 bridgehead atoms. The number of hydrogen-bond donors (Lipinski definition) is 0. The van der Waals surface area contributed by atoms with Gasteiger partial charge in [0.25, 0.3) is 0 Å². The topological polar surface area (TPSA) is 15.6 Å². The minimum Gasteiger partial charge on any atom is -0.296 e. The molecule has 1 saturated heterocycles. The van der Waals surface area contributed by atoms with E-state index < -0.39 is 22.0 Å². The minimum atomic E-state index is -1.22. The van der Waals surface area contributed by atoms with Crippen LogP contribution in [-0.4, -0.2) is 31.8 Å². The van der Waals surface area contributed by atoms with Gasteiger partial charge in [-0.25, -0.2) is 0 Å². The largest absolute Gasteiger partial charge is 0.296 e. The van der Waals surface area contributed by atoms with Gasteiger partial charge in [0.05, 0.1) is 11.9 Å². The lowest BCUT2D eigenvalue weighted by Gasteiger charge is -2.60. The molecule has 6 heteroatoms. The molecular weight excluding hydrogens is 267 g/mol. The Hall–Kier alpha value is 0.974. The van der Waals surface area contributed by atoms with Gasteiger partial charge in [-0.05, 0) is 40.5 Å². The fourth-order valence-electron chi connectivity index (χ4n) is 2.90. The van der Waals surface area contributed by atoms with Gasteiger partial charge in [0.1, 0.15) is 8.24 Å². The van der Waals surface area contributed by atoms with Gasteiger partial charge < -0.3 is 0 Å². The summed E-state index contributed by atoms with van der Waals surface area (Å²) in [5, 5.41) is 0. The number of nitrogens with zero attached hydrogens (tertiary/aromatic N) is 2. The highest BCUT2D eigenvalue weighted by Gasteiger charge is 2.56. The Morgan fingerprint density at radius 3 is 1.88 bits per heavy atom. The van der Waals surface area contributed by atoms with Crippen LogP contribution in [-0.2, 0) is 0 Å². The molecule has 16 heavy (non-hydrogen) atoms. The highest BCUT2D eigenvalue weighted by atomic mass is 32.9. The summed E-state index contributed by atoms with van der Waals surface area (Å²) in [4.78, 5) is 0. The summed E-state index contributed by atoms with van der Waals surface area (Å²) >= 11 is 0. The predicted molar refractivity (Wildman–Crippen MR) is 85.3 cm³/mol. The maximum absolute atomic E-state index is 5.16. The molecule has 1 fully saturated rings. The third-order valence-electron chi connectivity index (χ3n) is 2.40. The normalized spacial score (nSPS) is 31.1. The Kier molecular flexibility index (Phi) is 3.75. The van der Waals surface area contributed by atoms with Gasteiger partial charge in [-0.3, -0.25) is 8.75 Å². The molecule has 0 N–H and O–H groups in total. The third-order valence-corrected chi connectivity index (χ3v) is 29.1. The molecule has 0 amide bonds. The molecule has 1 rings (SSSR count). The van der Waals surface area contributed by atoms with Crippen LogP contribution >= 0.6 is 17.2 Å². The van der Waals surface area contributed by atoms with Crippen LogP contribution in [0.4, 0.5) is 0 Å². The van der Waals surface area contributed by atoms with E-state index in [2.05, 4.69) is 75.0 Å². The molecule has 0 saturated carbocycles. The second-order valence-electron chi connectivity index (χ2n) is 7.13. The van der Waals surface area contributed by atoms with Crippen LogP contribution in [0.1, 0.15) is 20.8 Å². The molecule has 1 aliphatic rings. The van der Waals surface area contributed by atoms with Crippen LogP contribution in [0.3, 0.4) is 0 Å². The van der Waals surface area contributed by atoms with Gasteiger partial charge in [0.2, 0.25) is 0 Å². The van der Waals surface area contributed by atoms with Crippen LogP contribution in [0.5, 0.6) is 0 Å². The van der Waals surface area contributed by atoms with E-state index >= 15 is 0 Å². The molecule has 0 spiro atoms. The zero-order chi connectivity index (χ0) is 13.0. The van der Waals surface area contributed by atoms with E-state index in [9.17, 15) is 0 Å². The highest BCUT2D eigenvalue weighted by molar-refractivity contribution is 8.77. The lowest BCUT2D eigenvalue weighted by molar-refractivity contribution is 0.588. The molecule has 1 unspecified atom stereocenters. The Morgan fingerprint density at radius 2 is 1.62 bits per heavy atom.